The van der Waals surface area contributed by atoms with Crippen LogP contribution in [0.1, 0.15) is 5.56 Å². The number of aromatic nitrogens is 2. The topological polar surface area (TPSA) is 84.1 Å². The van der Waals surface area contributed by atoms with Gasteiger partial charge in [0.25, 0.3) is 0 Å². The zero-order chi connectivity index (χ0) is 14.2. The molecule has 1 saturated heterocycles. The first kappa shape index (κ1) is 13.7. The minimum absolute atomic E-state index is 0.00235. The van der Waals surface area contributed by atoms with Crippen molar-refractivity contribution < 1.29 is 18.0 Å². The van der Waals surface area contributed by atoms with Crippen molar-refractivity contribution in [1.82, 2.24) is 20.4 Å². The number of halogens is 4. The molecule has 1 unspecified atom stereocenters. The Balaban J connectivity index is 2.12. The number of anilines is 1. The molecule has 1 aromatic heterocycles. The van der Waals surface area contributed by atoms with Crippen molar-refractivity contribution in [3.05, 3.63) is 16.8 Å². The summed E-state index contributed by atoms with van der Waals surface area (Å²) in [5, 5.41) is 8.85. The molecule has 3 N–H and O–H groups in total. The van der Waals surface area contributed by atoms with Crippen LogP contribution in [-0.2, 0) is 6.54 Å². The SMILES string of the molecule is Nc1cc(CN2CC(C(F)(F)F)NC2=O)c(Cl)nn1. The third-order valence-electron chi connectivity index (χ3n) is 2.58. The van der Waals surface area contributed by atoms with Gasteiger partial charge < -0.3 is 16.0 Å². The lowest BCUT2D eigenvalue weighted by Gasteiger charge is -2.16. The lowest BCUT2D eigenvalue weighted by atomic mass is 10.2. The highest BCUT2D eigenvalue weighted by Gasteiger charge is 2.46. The number of nitrogens with one attached hydrogen (secondary N) is 1. The van der Waals surface area contributed by atoms with Gasteiger partial charge in [-0.2, -0.15) is 13.2 Å². The predicted molar refractivity (Wildman–Crippen MR) is 60.2 cm³/mol. The van der Waals surface area contributed by atoms with Crippen molar-refractivity contribution in [3.63, 3.8) is 0 Å². The van der Waals surface area contributed by atoms with Crippen LogP contribution in [0.4, 0.5) is 23.8 Å². The van der Waals surface area contributed by atoms with Crippen molar-refractivity contribution in [3.8, 4) is 0 Å². The van der Waals surface area contributed by atoms with Gasteiger partial charge in [0.2, 0.25) is 0 Å². The third kappa shape index (κ3) is 2.98. The van der Waals surface area contributed by atoms with Gasteiger partial charge in [0.05, 0.1) is 13.1 Å². The number of alkyl halides is 3. The Labute approximate surface area is 110 Å². The predicted octanol–water partition coefficient (Wildman–Crippen LogP) is 1.17. The quantitative estimate of drug-likeness (QED) is 0.858. The largest absolute Gasteiger partial charge is 0.410 e. The molecule has 0 radical (unpaired) electrons. The van der Waals surface area contributed by atoms with E-state index in [1.807, 2.05) is 5.32 Å². The summed E-state index contributed by atoms with van der Waals surface area (Å²) in [6, 6.07) is -1.33. The number of nitrogen functional groups attached to an aromatic ring is 1. The lowest BCUT2D eigenvalue weighted by molar-refractivity contribution is -0.149. The molecular formula is C9H9ClF3N5O. The minimum Gasteiger partial charge on any atom is -0.382 e. The molecule has 0 spiro atoms. The number of hydrogen-bond acceptors (Lipinski definition) is 4. The van der Waals surface area contributed by atoms with Gasteiger partial charge in [-0.1, -0.05) is 11.6 Å². The Hall–Kier alpha value is -1.77. The van der Waals surface area contributed by atoms with Gasteiger partial charge >= 0.3 is 12.2 Å². The summed E-state index contributed by atoms with van der Waals surface area (Å²) in [6.07, 6.45) is -4.48. The van der Waals surface area contributed by atoms with E-state index in [0.29, 0.717) is 5.56 Å². The summed E-state index contributed by atoms with van der Waals surface area (Å²) >= 11 is 5.74. The molecule has 6 nitrogen and oxygen atoms in total. The molecule has 19 heavy (non-hydrogen) atoms. The molecule has 1 aromatic rings. The van der Waals surface area contributed by atoms with E-state index in [-0.39, 0.29) is 17.5 Å². The number of urea groups is 1. The van der Waals surface area contributed by atoms with Crippen LogP contribution in [0.15, 0.2) is 6.07 Å². The van der Waals surface area contributed by atoms with Crippen molar-refractivity contribution in [2.24, 2.45) is 0 Å². The highest BCUT2D eigenvalue weighted by molar-refractivity contribution is 6.30. The van der Waals surface area contributed by atoms with Gasteiger partial charge in [-0.3, -0.25) is 0 Å². The first-order chi connectivity index (χ1) is 8.77. The molecule has 1 fully saturated rings. The number of carbonyl (C=O) groups excluding carboxylic acids is 1. The van der Waals surface area contributed by atoms with E-state index in [9.17, 15) is 18.0 Å². The number of hydrogen-bond donors (Lipinski definition) is 2. The average molecular weight is 296 g/mol. The van der Waals surface area contributed by atoms with Crippen molar-refractivity contribution in [2.45, 2.75) is 18.8 Å². The van der Waals surface area contributed by atoms with Crippen LogP contribution in [-0.4, -0.2) is 39.9 Å². The number of carbonyl (C=O) groups is 1. The molecule has 1 aliphatic heterocycles. The maximum atomic E-state index is 12.5. The van der Waals surface area contributed by atoms with Gasteiger partial charge in [-0.15, -0.1) is 10.2 Å². The van der Waals surface area contributed by atoms with Crippen LogP contribution in [0.2, 0.25) is 5.15 Å². The summed E-state index contributed by atoms with van der Waals surface area (Å²) in [6.45, 7) is -0.599. The maximum absolute atomic E-state index is 12.5. The summed E-state index contributed by atoms with van der Waals surface area (Å²) in [5.41, 5.74) is 5.74. The smallest absolute Gasteiger partial charge is 0.382 e. The number of amides is 2. The number of rotatable bonds is 2. The van der Waals surface area contributed by atoms with E-state index < -0.39 is 24.8 Å². The van der Waals surface area contributed by atoms with E-state index >= 15 is 0 Å². The van der Waals surface area contributed by atoms with Crippen LogP contribution in [0.3, 0.4) is 0 Å². The third-order valence-corrected chi connectivity index (χ3v) is 2.90. The molecule has 2 heterocycles. The summed E-state index contributed by atoms with van der Waals surface area (Å²) in [4.78, 5) is 12.4. The van der Waals surface area contributed by atoms with E-state index in [0.717, 1.165) is 4.90 Å². The minimum atomic E-state index is -4.48. The van der Waals surface area contributed by atoms with Gasteiger partial charge in [-0.05, 0) is 6.07 Å². The van der Waals surface area contributed by atoms with Gasteiger partial charge in [0.15, 0.2) is 5.15 Å². The average Bonchev–Trinajstić information content (AvgIpc) is 2.65. The molecular weight excluding hydrogens is 287 g/mol. The molecule has 104 valence electrons. The van der Waals surface area contributed by atoms with Crippen LogP contribution in [0.5, 0.6) is 0 Å². The molecule has 2 amide bonds. The Bertz CT molecular complexity index is 509. The van der Waals surface area contributed by atoms with Crippen molar-refractivity contribution in [1.29, 1.82) is 0 Å². The summed E-state index contributed by atoms with van der Waals surface area (Å²) in [7, 11) is 0. The molecule has 1 atom stereocenters. The normalized spacial score (nSPS) is 19.7. The fourth-order valence-electron chi connectivity index (χ4n) is 1.66. The first-order valence-electron chi connectivity index (χ1n) is 5.17. The number of nitrogens with zero attached hydrogens (tertiary/aromatic N) is 3. The van der Waals surface area contributed by atoms with E-state index in [1.54, 1.807) is 0 Å². The van der Waals surface area contributed by atoms with Crippen LogP contribution in [0.25, 0.3) is 0 Å². The van der Waals surface area contributed by atoms with Crippen molar-refractivity contribution in [2.75, 3.05) is 12.3 Å². The second kappa shape index (κ2) is 4.72. The van der Waals surface area contributed by atoms with E-state index in [1.165, 1.54) is 6.07 Å². The van der Waals surface area contributed by atoms with Crippen LogP contribution >= 0.6 is 11.6 Å². The maximum Gasteiger partial charge on any atom is 0.410 e. The Morgan fingerprint density at radius 3 is 2.79 bits per heavy atom. The zero-order valence-corrected chi connectivity index (χ0v) is 10.2. The zero-order valence-electron chi connectivity index (χ0n) is 9.41. The monoisotopic (exact) mass is 295 g/mol. The van der Waals surface area contributed by atoms with E-state index in [2.05, 4.69) is 10.2 Å². The van der Waals surface area contributed by atoms with Crippen molar-refractivity contribution >= 4 is 23.4 Å². The fourth-order valence-corrected chi connectivity index (χ4v) is 1.81. The fraction of sp³-hybridized carbons (Fsp3) is 0.444. The highest BCUT2D eigenvalue weighted by atomic mass is 35.5. The standard InChI is InChI=1S/C9H9ClF3N5O/c10-7-4(1-6(14)16-17-7)2-18-3-5(9(11,12)13)15-8(18)19/h1,5H,2-3H2,(H2,14,16)(H,15,19). The van der Waals surface area contributed by atoms with Gasteiger partial charge in [-0.25, -0.2) is 4.79 Å². The first-order valence-corrected chi connectivity index (χ1v) is 5.55. The molecule has 0 aliphatic carbocycles. The summed E-state index contributed by atoms with van der Waals surface area (Å²) in [5.74, 6) is 0.0753. The number of nitrogens with two attached hydrogens (primary N) is 1. The molecule has 0 bridgehead atoms. The molecule has 0 saturated carbocycles. The Morgan fingerprint density at radius 2 is 2.21 bits per heavy atom. The molecule has 1 aliphatic rings. The molecule has 2 rings (SSSR count). The Kier molecular flexibility index (Phi) is 3.40. The Morgan fingerprint density at radius 1 is 1.53 bits per heavy atom. The van der Waals surface area contributed by atoms with Crippen LogP contribution in [0, 0.1) is 0 Å². The lowest BCUT2D eigenvalue weighted by Crippen LogP contribution is -2.40. The second-order valence-electron chi connectivity index (χ2n) is 4.01. The molecule has 0 aromatic carbocycles. The molecule has 10 heteroatoms. The second-order valence-corrected chi connectivity index (χ2v) is 4.37. The summed E-state index contributed by atoms with van der Waals surface area (Å²) < 4.78 is 37.4. The van der Waals surface area contributed by atoms with Gasteiger partial charge in [0, 0.05) is 5.56 Å². The highest BCUT2D eigenvalue weighted by Crippen LogP contribution is 2.26. The van der Waals surface area contributed by atoms with Crippen LogP contribution < -0.4 is 11.1 Å². The van der Waals surface area contributed by atoms with E-state index in [4.69, 9.17) is 17.3 Å². The van der Waals surface area contributed by atoms with Gasteiger partial charge in [0.1, 0.15) is 11.9 Å².